The molecule has 5 nitrogen and oxygen atoms in total. The smallest absolute Gasteiger partial charge is 0.160 e. The maximum atomic E-state index is 5.15. The number of hydrogen-bond acceptors (Lipinski definition) is 4. The molecule has 2 aromatic heterocycles. The van der Waals surface area contributed by atoms with Crippen molar-refractivity contribution in [3.8, 4) is 61.8 Å². The average molecular weight is 1020 g/mol. The van der Waals surface area contributed by atoms with Crippen molar-refractivity contribution in [2.45, 2.75) is 27.7 Å². The summed E-state index contributed by atoms with van der Waals surface area (Å²) in [7, 11) is 0. The molecule has 0 bridgehead atoms. The highest BCUT2D eigenvalue weighted by atomic mass is 15.1. The van der Waals surface area contributed by atoms with Gasteiger partial charge in [0.15, 0.2) is 5.82 Å². The second-order valence-corrected chi connectivity index (χ2v) is 20.5. The second-order valence-electron chi connectivity index (χ2n) is 20.5. The monoisotopic (exact) mass is 1020 g/mol. The van der Waals surface area contributed by atoms with E-state index in [4.69, 9.17) is 9.97 Å². The molecule has 0 amide bonds. The molecule has 0 unspecified atom stereocenters. The van der Waals surface area contributed by atoms with Crippen LogP contribution >= 0.6 is 0 Å². The number of para-hydroxylation sites is 4. The maximum Gasteiger partial charge on any atom is 0.160 e. The van der Waals surface area contributed by atoms with Gasteiger partial charge in [-0.05, 0) is 175 Å². The molecule has 0 saturated carbocycles. The van der Waals surface area contributed by atoms with E-state index < -0.39 is 0 Å². The van der Waals surface area contributed by atoms with E-state index >= 15 is 0 Å². The van der Waals surface area contributed by atoms with E-state index in [0.717, 1.165) is 95.8 Å². The lowest BCUT2D eigenvalue weighted by Gasteiger charge is -2.26. The first kappa shape index (κ1) is 48.5. The first-order valence-corrected chi connectivity index (χ1v) is 27.1. The van der Waals surface area contributed by atoms with Crippen LogP contribution in [0.2, 0.25) is 0 Å². The molecule has 0 fully saturated rings. The Hall–Kier alpha value is -10.1. The number of nitrogens with zero attached hydrogens (tertiary/aromatic N) is 5. The zero-order valence-corrected chi connectivity index (χ0v) is 44.7. The lowest BCUT2D eigenvalue weighted by molar-refractivity contribution is 1.12. The SMILES string of the molecule is Cc1ccccc1-c1cc(-c2ccc(-c3ccc(-c4cc(C)c(-n5c6ccc(N(c7ccccc7)c7ccccc7)cc6c6cc(N(c7ccccc7)c7ccccc7)ccc65)c(C)c4)cc3)cc2)nc(-c2ccccc2C)n1. The fourth-order valence-corrected chi connectivity index (χ4v) is 11.4. The van der Waals surface area contributed by atoms with Crippen LogP contribution in [0, 0.1) is 27.7 Å². The van der Waals surface area contributed by atoms with Crippen LogP contribution in [-0.4, -0.2) is 14.5 Å². The first-order valence-electron chi connectivity index (χ1n) is 27.1. The molecule has 2 heterocycles. The molecule has 0 atom stereocenters. The standard InChI is InChI=1S/C74H57N5/c1-50-21-17-19-31-65(50)70-49-69(75-74(76-70)66-32-20-18-22-51(66)2)57-39-37-55(38-40-57)54-33-35-56(36-34-54)58-45-52(3)73(53(4)46-58)79-71-43-41-63(77(59-23-9-5-10-24-59)60-25-11-6-12-26-60)47-67(71)68-48-64(42-44-72(68)79)78(61-27-13-7-14-28-61)62-29-15-8-16-30-62/h5-49H,1-4H3. The van der Waals surface area contributed by atoms with Crippen molar-refractivity contribution in [1.29, 1.82) is 0 Å². The van der Waals surface area contributed by atoms with Crippen LogP contribution in [0.5, 0.6) is 0 Å². The minimum Gasteiger partial charge on any atom is -0.310 e. The van der Waals surface area contributed by atoms with Crippen LogP contribution in [0.3, 0.4) is 0 Å². The number of aromatic nitrogens is 3. The lowest BCUT2D eigenvalue weighted by atomic mass is 9.96. The van der Waals surface area contributed by atoms with E-state index in [0.29, 0.717) is 0 Å². The van der Waals surface area contributed by atoms with Crippen molar-refractivity contribution in [2.24, 2.45) is 0 Å². The van der Waals surface area contributed by atoms with Crippen molar-refractivity contribution in [3.05, 3.63) is 295 Å². The molecule has 0 N–H and O–H groups in total. The topological polar surface area (TPSA) is 37.2 Å². The van der Waals surface area contributed by atoms with Gasteiger partial charge in [-0.25, -0.2) is 9.97 Å². The molecule has 0 aliphatic heterocycles. The molecule has 79 heavy (non-hydrogen) atoms. The number of anilines is 6. The Morgan fingerprint density at radius 3 is 1.08 bits per heavy atom. The zero-order valence-electron chi connectivity index (χ0n) is 44.7. The Labute approximate surface area is 462 Å². The number of fused-ring (bicyclic) bond motifs is 3. The highest BCUT2D eigenvalue weighted by Gasteiger charge is 2.22. The highest BCUT2D eigenvalue weighted by Crippen LogP contribution is 2.44. The Morgan fingerprint density at radius 1 is 0.278 bits per heavy atom. The van der Waals surface area contributed by atoms with Gasteiger partial charge in [0.2, 0.25) is 0 Å². The third kappa shape index (κ3) is 9.32. The van der Waals surface area contributed by atoms with Crippen LogP contribution in [-0.2, 0) is 0 Å². The Kier molecular flexibility index (Phi) is 12.8. The lowest BCUT2D eigenvalue weighted by Crippen LogP contribution is -2.09. The number of rotatable bonds is 12. The summed E-state index contributed by atoms with van der Waals surface area (Å²) >= 11 is 0. The molecule has 378 valence electrons. The minimum atomic E-state index is 0.731. The Bertz CT molecular complexity index is 4020. The molecular weight excluding hydrogens is 959 g/mol. The maximum absolute atomic E-state index is 5.15. The van der Waals surface area contributed by atoms with Gasteiger partial charge in [-0.15, -0.1) is 0 Å². The fourth-order valence-electron chi connectivity index (χ4n) is 11.4. The van der Waals surface area contributed by atoms with Gasteiger partial charge in [0.25, 0.3) is 0 Å². The van der Waals surface area contributed by atoms with E-state index in [1.54, 1.807) is 0 Å². The normalized spacial score (nSPS) is 11.3. The van der Waals surface area contributed by atoms with Crippen LogP contribution < -0.4 is 9.80 Å². The summed E-state index contributed by atoms with van der Waals surface area (Å²) in [5.74, 6) is 0.731. The molecule has 11 aromatic carbocycles. The van der Waals surface area contributed by atoms with Crippen LogP contribution in [0.1, 0.15) is 22.3 Å². The minimum absolute atomic E-state index is 0.731. The van der Waals surface area contributed by atoms with Crippen LogP contribution in [0.4, 0.5) is 34.1 Å². The van der Waals surface area contributed by atoms with Crippen molar-refractivity contribution in [2.75, 3.05) is 9.80 Å². The zero-order chi connectivity index (χ0) is 53.4. The van der Waals surface area contributed by atoms with Crippen LogP contribution in [0.25, 0.3) is 83.6 Å². The van der Waals surface area contributed by atoms with Crippen molar-refractivity contribution < 1.29 is 0 Å². The molecule has 0 radical (unpaired) electrons. The Balaban J connectivity index is 0.870. The van der Waals surface area contributed by atoms with Gasteiger partial charge in [-0.2, -0.15) is 0 Å². The molecule has 13 aromatic rings. The van der Waals surface area contributed by atoms with Gasteiger partial charge in [0.05, 0.1) is 28.1 Å². The van der Waals surface area contributed by atoms with E-state index in [1.807, 2.05) is 0 Å². The Morgan fingerprint density at radius 2 is 0.646 bits per heavy atom. The predicted octanol–water partition coefficient (Wildman–Crippen LogP) is 20.1. The summed E-state index contributed by atoms with van der Waals surface area (Å²) < 4.78 is 2.48. The second kappa shape index (κ2) is 20.8. The van der Waals surface area contributed by atoms with E-state index in [2.05, 4.69) is 315 Å². The summed E-state index contributed by atoms with van der Waals surface area (Å²) in [6, 6.07) is 97.9. The van der Waals surface area contributed by atoms with Gasteiger partial charge in [0, 0.05) is 61.6 Å². The third-order valence-corrected chi connectivity index (χ3v) is 15.3. The number of aryl methyl sites for hydroxylation is 4. The molecule has 0 spiro atoms. The average Bonchev–Trinajstić information content (AvgIpc) is 3.86. The molecule has 5 heteroatoms. The summed E-state index contributed by atoms with van der Waals surface area (Å²) in [5.41, 5.74) is 24.5. The number of hydrogen-bond donors (Lipinski definition) is 0. The van der Waals surface area contributed by atoms with E-state index in [-0.39, 0.29) is 0 Å². The first-order chi connectivity index (χ1) is 38.8. The summed E-state index contributed by atoms with van der Waals surface area (Å²) in [4.78, 5) is 15.0. The van der Waals surface area contributed by atoms with Crippen LogP contribution in [0.15, 0.2) is 273 Å². The van der Waals surface area contributed by atoms with Gasteiger partial charge in [-0.3, -0.25) is 0 Å². The summed E-state index contributed by atoms with van der Waals surface area (Å²) in [6.07, 6.45) is 0. The quantitative estimate of drug-likeness (QED) is 0.122. The summed E-state index contributed by atoms with van der Waals surface area (Å²) in [6.45, 7) is 8.77. The van der Waals surface area contributed by atoms with E-state index in [9.17, 15) is 0 Å². The third-order valence-electron chi connectivity index (χ3n) is 15.3. The van der Waals surface area contributed by atoms with Crippen molar-refractivity contribution in [1.82, 2.24) is 14.5 Å². The van der Waals surface area contributed by atoms with Gasteiger partial charge in [0.1, 0.15) is 0 Å². The predicted molar refractivity (Wildman–Crippen MR) is 332 cm³/mol. The van der Waals surface area contributed by atoms with Crippen molar-refractivity contribution >= 4 is 55.9 Å². The van der Waals surface area contributed by atoms with Gasteiger partial charge >= 0.3 is 0 Å². The highest BCUT2D eigenvalue weighted by molar-refractivity contribution is 6.12. The largest absolute Gasteiger partial charge is 0.310 e. The van der Waals surface area contributed by atoms with Gasteiger partial charge < -0.3 is 14.4 Å². The number of benzene rings is 11. The van der Waals surface area contributed by atoms with E-state index in [1.165, 1.54) is 44.3 Å². The molecule has 0 aliphatic carbocycles. The molecule has 13 rings (SSSR count). The fraction of sp³-hybridized carbons (Fsp3) is 0.0541. The molecule has 0 aliphatic rings. The van der Waals surface area contributed by atoms with Crippen molar-refractivity contribution in [3.63, 3.8) is 0 Å². The van der Waals surface area contributed by atoms with Gasteiger partial charge in [-0.1, -0.05) is 170 Å². The molecular formula is C74H57N5. The molecule has 0 saturated heterocycles. The summed E-state index contributed by atoms with van der Waals surface area (Å²) in [5, 5.41) is 2.35.